The van der Waals surface area contributed by atoms with Crippen LogP contribution >= 0.6 is 0 Å². The minimum Gasteiger partial charge on any atom is -0.460 e. The first-order valence-electron chi connectivity index (χ1n) is 6.76. The van der Waals surface area contributed by atoms with E-state index in [-0.39, 0.29) is 5.82 Å². The molecule has 2 aromatic heterocycles. The summed E-state index contributed by atoms with van der Waals surface area (Å²) >= 11 is 0. The Morgan fingerprint density at radius 3 is 2.67 bits per heavy atom. The van der Waals surface area contributed by atoms with Crippen LogP contribution in [0.15, 0.2) is 47.0 Å². The Labute approximate surface area is 122 Å². The molecule has 2 heterocycles. The van der Waals surface area contributed by atoms with Crippen molar-refractivity contribution in [2.45, 2.75) is 20.0 Å². The molecule has 0 aliphatic carbocycles. The van der Waals surface area contributed by atoms with Gasteiger partial charge in [-0.15, -0.1) is 0 Å². The van der Waals surface area contributed by atoms with E-state index in [9.17, 15) is 4.39 Å². The van der Waals surface area contributed by atoms with Crippen LogP contribution in [0.3, 0.4) is 0 Å². The predicted molar refractivity (Wildman–Crippen MR) is 78.0 cm³/mol. The van der Waals surface area contributed by atoms with Crippen LogP contribution in [0.2, 0.25) is 0 Å². The van der Waals surface area contributed by atoms with E-state index in [2.05, 4.69) is 15.5 Å². The van der Waals surface area contributed by atoms with Crippen molar-refractivity contribution < 1.29 is 8.81 Å². The fourth-order valence-corrected chi connectivity index (χ4v) is 2.17. The van der Waals surface area contributed by atoms with Crippen molar-refractivity contribution in [2.24, 2.45) is 0 Å². The number of hydrogen-bond donors (Lipinski definition) is 2. The summed E-state index contributed by atoms with van der Waals surface area (Å²) in [5.74, 6) is 1.43. The average molecular weight is 285 g/mol. The molecule has 108 valence electrons. The molecule has 3 rings (SSSR count). The van der Waals surface area contributed by atoms with Crippen LogP contribution in [0.5, 0.6) is 0 Å². The van der Waals surface area contributed by atoms with Gasteiger partial charge < -0.3 is 9.73 Å². The summed E-state index contributed by atoms with van der Waals surface area (Å²) in [6.07, 6.45) is 1.78. The zero-order valence-corrected chi connectivity index (χ0v) is 11.7. The minimum atomic E-state index is -0.218. The molecule has 0 atom stereocenters. The van der Waals surface area contributed by atoms with E-state index in [1.807, 2.05) is 19.1 Å². The lowest BCUT2D eigenvalue weighted by Crippen LogP contribution is -2.12. The molecule has 0 aliphatic heterocycles. The van der Waals surface area contributed by atoms with Crippen molar-refractivity contribution in [3.05, 3.63) is 65.3 Å². The number of furan rings is 1. The van der Waals surface area contributed by atoms with Crippen molar-refractivity contribution in [2.75, 3.05) is 0 Å². The number of benzene rings is 1. The first-order chi connectivity index (χ1) is 10.2. The Balaban J connectivity index is 1.64. The second kappa shape index (κ2) is 5.93. The highest BCUT2D eigenvalue weighted by atomic mass is 19.1. The predicted octanol–water partition coefficient (Wildman–Crippen LogP) is 3.41. The van der Waals surface area contributed by atoms with Gasteiger partial charge in [0, 0.05) is 18.7 Å². The van der Waals surface area contributed by atoms with Crippen LogP contribution < -0.4 is 5.32 Å². The van der Waals surface area contributed by atoms with Gasteiger partial charge in [-0.3, -0.25) is 5.10 Å². The SMILES string of the molecule is Cc1ccc(-c2[nH]ncc2CNCc2ccc(F)cc2)o1. The van der Waals surface area contributed by atoms with Crippen LogP contribution in [0, 0.1) is 12.7 Å². The quantitative estimate of drug-likeness (QED) is 0.755. The van der Waals surface area contributed by atoms with Crippen LogP contribution in [-0.4, -0.2) is 10.2 Å². The Bertz CT molecular complexity index is 715. The summed E-state index contributed by atoms with van der Waals surface area (Å²) in [6, 6.07) is 10.3. The van der Waals surface area contributed by atoms with E-state index in [1.165, 1.54) is 12.1 Å². The molecule has 0 aliphatic rings. The molecule has 21 heavy (non-hydrogen) atoms. The average Bonchev–Trinajstić information content (AvgIpc) is 3.10. The second-order valence-electron chi connectivity index (χ2n) is 4.91. The van der Waals surface area contributed by atoms with E-state index in [1.54, 1.807) is 18.3 Å². The van der Waals surface area contributed by atoms with Crippen molar-refractivity contribution in [3.63, 3.8) is 0 Å². The maximum atomic E-state index is 12.8. The van der Waals surface area contributed by atoms with Gasteiger partial charge in [0.1, 0.15) is 17.3 Å². The van der Waals surface area contributed by atoms with Crippen LogP contribution in [0.1, 0.15) is 16.9 Å². The highest BCUT2D eigenvalue weighted by Crippen LogP contribution is 2.23. The largest absolute Gasteiger partial charge is 0.460 e. The fourth-order valence-electron chi connectivity index (χ4n) is 2.17. The number of nitrogens with zero attached hydrogens (tertiary/aromatic N) is 1. The lowest BCUT2D eigenvalue weighted by atomic mass is 10.2. The first-order valence-corrected chi connectivity index (χ1v) is 6.76. The molecule has 0 saturated carbocycles. The van der Waals surface area contributed by atoms with E-state index in [4.69, 9.17) is 4.42 Å². The molecule has 3 aromatic rings. The molecule has 4 nitrogen and oxygen atoms in total. The fraction of sp³-hybridized carbons (Fsp3) is 0.188. The first kappa shape index (κ1) is 13.6. The molecule has 0 radical (unpaired) electrons. The van der Waals surface area contributed by atoms with Gasteiger partial charge >= 0.3 is 0 Å². The number of aromatic amines is 1. The molecular weight excluding hydrogens is 269 g/mol. The molecule has 2 N–H and O–H groups in total. The molecule has 0 fully saturated rings. The van der Waals surface area contributed by atoms with Gasteiger partial charge in [0.25, 0.3) is 0 Å². The van der Waals surface area contributed by atoms with Crippen molar-refractivity contribution in [1.82, 2.24) is 15.5 Å². The van der Waals surface area contributed by atoms with Crippen LogP contribution in [0.25, 0.3) is 11.5 Å². The molecule has 0 unspecified atom stereocenters. The number of hydrogen-bond acceptors (Lipinski definition) is 3. The third-order valence-corrected chi connectivity index (χ3v) is 3.26. The Morgan fingerprint density at radius 1 is 1.14 bits per heavy atom. The lowest BCUT2D eigenvalue weighted by Gasteiger charge is -2.05. The monoisotopic (exact) mass is 285 g/mol. The lowest BCUT2D eigenvalue weighted by molar-refractivity contribution is 0.545. The number of aromatic nitrogens is 2. The van der Waals surface area contributed by atoms with Gasteiger partial charge in [-0.2, -0.15) is 5.10 Å². The molecule has 0 amide bonds. The molecular formula is C16H16FN3O. The molecule has 0 bridgehead atoms. The third-order valence-electron chi connectivity index (χ3n) is 3.26. The highest BCUT2D eigenvalue weighted by Gasteiger charge is 2.10. The summed E-state index contributed by atoms with van der Waals surface area (Å²) in [5.41, 5.74) is 2.96. The summed E-state index contributed by atoms with van der Waals surface area (Å²) < 4.78 is 18.4. The number of H-pyrrole nitrogens is 1. The van der Waals surface area contributed by atoms with Crippen molar-refractivity contribution in [1.29, 1.82) is 0 Å². The number of nitrogens with one attached hydrogen (secondary N) is 2. The van der Waals surface area contributed by atoms with E-state index >= 15 is 0 Å². The van der Waals surface area contributed by atoms with E-state index in [0.717, 1.165) is 28.3 Å². The third kappa shape index (κ3) is 3.20. The molecule has 1 aromatic carbocycles. The van der Waals surface area contributed by atoms with Gasteiger partial charge in [0.2, 0.25) is 0 Å². The van der Waals surface area contributed by atoms with Gasteiger partial charge in [-0.1, -0.05) is 12.1 Å². The topological polar surface area (TPSA) is 53.9 Å². The van der Waals surface area contributed by atoms with Gasteiger partial charge in [0.05, 0.1) is 6.20 Å². The molecule has 0 saturated heterocycles. The minimum absolute atomic E-state index is 0.218. The van der Waals surface area contributed by atoms with Crippen molar-refractivity contribution >= 4 is 0 Å². The second-order valence-corrected chi connectivity index (χ2v) is 4.91. The van der Waals surface area contributed by atoms with E-state index < -0.39 is 0 Å². The number of aryl methyl sites for hydroxylation is 1. The highest BCUT2D eigenvalue weighted by molar-refractivity contribution is 5.56. The Morgan fingerprint density at radius 2 is 1.95 bits per heavy atom. The van der Waals surface area contributed by atoms with Gasteiger partial charge in [-0.25, -0.2) is 4.39 Å². The Kier molecular flexibility index (Phi) is 3.83. The van der Waals surface area contributed by atoms with Crippen LogP contribution in [-0.2, 0) is 13.1 Å². The van der Waals surface area contributed by atoms with Gasteiger partial charge in [-0.05, 0) is 36.8 Å². The van der Waals surface area contributed by atoms with Gasteiger partial charge in [0.15, 0.2) is 5.76 Å². The normalized spacial score (nSPS) is 11.0. The standard InChI is InChI=1S/C16H16FN3O/c1-11-2-7-15(21-11)16-13(10-19-20-16)9-18-8-12-3-5-14(17)6-4-12/h2-7,10,18H,8-9H2,1H3,(H,19,20). The Hall–Kier alpha value is -2.40. The van der Waals surface area contributed by atoms with Crippen molar-refractivity contribution in [3.8, 4) is 11.5 Å². The summed E-state index contributed by atoms with van der Waals surface area (Å²) in [6.45, 7) is 3.23. The summed E-state index contributed by atoms with van der Waals surface area (Å²) in [7, 11) is 0. The smallest absolute Gasteiger partial charge is 0.152 e. The zero-order chi connectivity index (χ0) is 14.7. The summed E-state index contributed by atoms with van der Waals surface area (Å²) in [5, 5.41) is 10.3. The molecule has 0 spiro atoms. The zero-order valence-electron chi connectivity index (χ0n) is 11.7. The number of halogens is 1. The number of rotatable bonds is 5. The maximum Gasteiger partial charge on any atom is 0.152 e. The maximum absolute atomic E-state index is 12.8. The summed E-state index contributed by atoms with van der Waals surface area (Å²) in [4.78, 5) is 0. The van der Waals surface area contributed by atoms with E-state index in [0.29, 0.717) is 13.1 Å². The van der Waals surface area contributed by atoms with Crippen LogP contribution in [0.4, 0.5) is 4.39 Å². The molecule has 5 heteroatoms.